The molecule has 0 aliphatic heterocycles. The maximum Gasteiger partial charge on any atom is 0.164 e. The smallest absolute Gasteiger partial charge is 0.164 e. The molecule has 0 N–H and O–H groups in total. The van der Waals surface area contributed by atoms with E-state index in [1.54, 1.807) is 0 Å². The molecule has 5 heteroatoms. The lowest BCUT2D eigenvalue weighted by Gasteiger charge is -2.16. The minimum atomic E-state index is 0.579. The van der Waals surface area contributed by atoms with Gasteiger partial charge in [-0.3, -0.25) is 0 Å². The summed E-state index contributed by atoms with van der Waals surface area (Å²) < 4.78 is 0. The van der Waals surface area contributed by atoms with E-state index in [1.165, 1.54) is 5.39 Å². The van der Waals surface area contributed by atoms with Gasteiger partial charge in [-0.2, -0.15) is 0 Å². The van der Waals surface area contributed by atoms with E-state index in [2.05, 4.69) is 218 Å². The summed E-state index contributed by atoms with van der Waals surface area (Å²) in [6.07, 6.45) is 0. The van der Waals surface area contributed by atoms with Crippen molar-refractivity contribution in [1.82, 2.24) is 24.9 Å². The van der Waals surface area contributed by atoms with Crippen molar-refractivity contribution in [3.05, 3.63) is 224 Å². The van der Waals surface area contributed by atoms with Crippen LogP contribution in [0.1, 0.15) is 0 Å². The Morgan fingerprint density at radius 3 is 1.52 bits per heavy atom. The minimum absolute atomic E-state index is 0.579. The molecule has 0 aliphatic carbocycles. The third-order valence-corrected chi connectivity index (χ3v) is 12.8. The average Bonchev–Trinajstić information content (AvgIpc) is 3.39. The molecular weight excluding hydrogens is 803 g/mol. The molecule has 3 heterocycles. The Labute approximate surface area is 380 Å². The number of aromatic nitrogens is 5. The molecule has 3 aromatic heterocycles. The van der Waals surface area contributed by atoms with Crippen molar-refractivity contribution >= 4 is 64.9 Å². The molecule has 13 aromatic rings. The van der Waals surface area contributed by atoms with Crippen LogP contribution in [0.4, 0.5) is 0 Å². The number of para-hydroxylation sites is 2. The van der Waals surface area contributed by atoms with Crippen molar-refractivity contribution in [3.8, 4) is 67.8 Å². The summed E-state index contributed by atoms with van der Waals surface area (Å²) in [5.74, 6) is 1.79. The summed E-state index contributed by atoms with van der Waals surface area (Å²) in [7, 11) is 0. The highest BCUT2D eigenvalue weighted by molar-refractivity contribution is 6.24. The molecule has 0 radical (unpaired) electrons. The molecule has 0 unspecified atom stereocenters. The van der Waals surface area contributed by atoms with Gasteiger partial charge in [0.25, 0.3) is 0 Å². The van der Waals surface area contributed by atoms with Crippen molar-refractivity contribution in [2.75, 3.05) is 0 Å². The Kier molecular flexibility index (Phi) is 8.78. The van der Waals surface area contributed by atoms with Gasteiger partial charge in [-0.25, -0.2) is 24.9 Å². The molecule has 66 heavy (non-hydrogen) atoms. The molecule has 0 fully saturated rings. The standard InChI is InChI=1S/C61H37N5/c1-2-16-41(17-3-1)58-53-31-30-50-49(21-12-22-51(50)57(53)52-20-9-11-24-56(52)63-58)46-35-47(55-32-29-40-15-8-10-23-54(40)62-55)37-48(36-46)61-65-59(44-27-25-38-13-4-6-18-42(38)33-44)64-60(66-61)45-28-26-39-14-5-7-19-43(39)34-45/h1-37H. The van der Waals surface area contributed by atoms with E-state index < -0.39 is 0 Å². The SMILES string of the molecule is c1ccc(-c2nc3ccccc3c3c2ccc2c(-c4cc(-c5ccc6ccccc6n5)cc(-c5nc(-c6ccc7ccccc7c6)nc(-c6ccc7ccccc7c6)n5)c4)cccc23)cc1. The second-order valence-electron chi connectivity index (χ2n) is 16.9. The van der Waals surface area contributed by atoms with Crippen molar-refractivity contribution in [1.29, 1.82) is 0 Å². The van der Waals surface area contributed by atoms with Gasteiger partial charge in [-0.1, -0.05) is 176 Å². The highest BCUT2D eigenvalue weighted by Crippen LogP contribution is 2.42. The van der Waals surface area contributed by atoms with Gasteiger partial charge in [-0.15, -0.1) is 0 Å². The van der Waals surface area contributed by atoms with E-state index >= 15 is 0 Å². The topological polar surface area (TPSA) is 64.5 Å². The van der Waals surface area contributed by atoms with Crippen LogP contribution in [-0.4, -0.2) is 24.9 Å². The van der Waals surface area contributed by atoms with Gasteiger partial charge in [0.05, 0.1) is 22.4 Å². The van der Waals surface area contributed by atoms with E-state index in [1.807, 2.05) is 6.07 Å². The quantitative estimate of drug-likeness (QED) is 0.156. The van der Waals surface area contributed by atoms with Crippen LogP contribution in [0, 0.1) is 0 Å². The summed E-state index contributed by atoms with van der Waals surface area (Å²) in [5, 5.41) is 11.4. The fraction of sp³-hybridized carbons (Fsp3) is 0. The van der Waals surface area contributed by atoms with E-state index in [9.17, 15) is 0 Å². The zero-order chi connectivity index (χ0) is 43.6. The van der Waals surface area contributed by atoms with Crippen LogP contribution < -0.4 is 0 Å². The van der Waals surface area contributed by atoms with E-state index in [0.717, 1.165) is 110 Å². The lowest BCUT2D eigenvalue weighted by Crippen LogP contribution is -2.01. The number of benzene rings is 10. The Morgan fingerprint density at radius 1 is 0.242 bits per heavy atom. The fourth-order valence-electron chi connectivity index (χ4n) is 9.58. The predicted molar refractivity (Wildman–Crippen MR) is 273 cm³/mol. The normalized spacial score (nSPS) is 11.6. The number of hydrogen-bond donors (Lipinski definition) is 0. The minimum Gasteiger partial charge on any atom is -0.248 e. The number of pyridine rings is 2. The first kappa shape index (κ1) is 37.6. The molecule has 0 bridgehead atoms. The molecule has 306 valence electrons. The molecule has 0 saturated carbocycles. The molecule has 10 aromatic carbocycles. The largest absolute Gasteiger partial charge is 0.248 e. The van der Waals surface area contributed by atoms with Gasteiger partial charge in [0.1, 0.15) is 0 Å². The number of nitrogens with zero attached hydrogens (tertiary/aromatic N) is 5. The molecule has 0 atom stereocenters. The summed E-state index contributed by atoms with van der Waals surface area (Å²) >= 11 is 0. The highest BCUT2D eigenvalue weighted by atomic mass is 15.0. The summed E-state index contributed by atoms with van der Waals surface area (Å²) in [4.78, 5) is 26.3. The van der Waals surface area contributed by atoms with E-state index in [4.69, 9.17) is 24.9 Å². The highest BCUT2D eigenvalue weighted by Gasteiger charge is 2.19. The molecule has 0 spiro atoms. The lowest BCUT2D eigenvalue weighted by atomic mass is 9.90. The fourth-order valence-corrected chi connectivity index (χ4v) is 9.58. The number of hydrogen-bond acceptors (Lipinski definition) is 5. The monoisotopic (exact) mass is 839 g/mol. The average molecular weight is 840 g/mol. The van der Waals surface area contributed by atoms with E-state index in [0.29, 0.717) is 17.5 Å². The first-order valence-corrected chi connectivity index (χ1v) is 22.2. The van der Waals surface area contributed by atoms with Gasteiger partial charge < -0.3 is 0 Å². The first-order valence-electron chi connectivity index (χ1n) is 22.2. The van der Waals surface area contributed by atoms with Crippen molar-refractivity contribution in [3.63, 3.8) is 0 Å². The number of fused-ring (bicyclic) bond motifs is 8. The third kappa shape index (κ3) is 6.53. The summed E-state index contributed by atoms with van der Waals surface area (Å²) in [6, 6.07) is 78.9. The maximum absolute atomic E-state index is 5.31. The van der Waals surface area contributed by atoms with Gasteiger partial charge in [-0.05, 0) is 92.0 Å². The van der Waals surface area contributed by atoms with Gasteiger partial charge in [0.2, 0.25) is 0 Å². The zero-order valence-corrected chi connectivity index (χ0v) is 35.6. The lowest BCUT2D eigenvalue weighted by molar-refractivity contribution is 1.08. The van der Waals surface area contributed by atoms with Crippen LogP contribution >= 0.6 is 0 Å². The Hall–Kier alpha value is -8.93. The van der Waals surface area contributed by atoms with Crippen LogP contribution in [0.3, 0.4) is 0 Å². The molecule has 0 amide bonds. The molecule has 0 aliphatic rings. The molecular formula is C61H37N5. The summed E-state index contributed by atoms with van der Waals surface area (Å²) in [5.41, 5.74) is 10.6. The van der Waals surface area contributed by atoms with Gasteiger partial charge >= 0.3 is 0 Å². The van der Waals surface area contributed by atoms with Gasteiger partial charge in [0.15, 0.2) is 17.5 Å². The van der Waals surface area contributed by atoms with Crippen LogP contribution in [0.15, 0.2) is 224 Å². The van der Waals surface area contributed by atoms with Crippen LogP contribution in [0.5, 0.6) is 0 Å². The predicted octanol–water partition coefficient (Wildman–Crippen LogP) is 15.6. The third-order valence-electron chi connectivity index (χ3n) is 12.8. The molecule has 0 saturated heterocycles. The second kappa shape index (κ2) is 15.4. The van der Waals surface area contributed by atoms with Crippen LogP contribution in [0.25, 0.3) is 133 Å². The van der Waals surface area contributed by atoms with Crippen molar-refractivity contribution in [2.24, 2.45) is 0 Å². The van der Waals surface area contributed by atoms with Crippen LogP contribution in [0.2, 0.25) is 0 Å². The zero-order valence-electron chi connectivity index (χ0n) is 35.6. The Bertz CT molecular complexity index is 3970. The van der Waals surface area contributed by atoms with Crippen LogP contribution in [-0.2, 0) is 0 Å². The Balaban J connectivity index is 1.07. The molecule has 5 nitrogen and oxygen atoms in total. The summed E-state index contributed by atoms with van der Waals surface area (Å²) in [6.45, 7) is 0. The van der Waals surface area contributed by atoms with E-state index in [-0.39, 0.29) is 0 Å². The van der Waals surface area contributed by atoms with Crippen molar-refractivity contribution < 1.29 is 0 Å². The van der Waals surface area contributed by atoms with Crippen molar-refractivity contribution in [2.45, 2.75) is 0 Å². The Morgan fingerprint density at radius 2 is 0.788 bits per heavy atom. The molecule has 13 rings (SSSR count). The second-order valence-corrected chi connectivity index (χ2v) is 16.9. The number of rotatable bonds is 6. The maximum atomic E-state index is 5.31. The van der Waals surface area contributed by atoms with Gasteiger partial charge in [0, 0.05) is 49.4 Å². The first-order chi connectivity index (χ1) is 32.7.